The van der Waals surface area contributed by atoms with Gasteiger partial charge < -0.3 is 20.7 Å². The molecule has 6 nitrogen and oxygen atoms in total. The van der Waals surface area contributed by atoms with Crippen molar-refractivity contribution in [1.82, 2.24) is 10.6 Å². The maximum absolute atomic E-state index is 12.3. The van der Waals surface area contributed by atoms with Crippen molar-refractivity contribution in [3.63, 3.8) is 0 Å². The lowest BCUT2D eigenvalue weighted by Crippen LogP contribution is -2.38. The highest BCUT2D eigenvalue weighted by Gasteiger charge is 2.22. The van der Waals surface area contributed by atoms with Crippen LogP contribution in [-0.4, -0.2) is 38.7 Å². The number of nitrogens with zero attached hydrogens (tertiary/aromatic N) is 1. The number of carbonyl (C=O) groups excluding carboxylic acids is 1. The third-order valence-electron chi connectivity index (χ3n) is 4.50. The van der Waals surface area contributed by atoms with Crippen LogP contribution < -0.4 is 16.0 Å². The van der Waals surface area contributed by atoms with Crippen LogP contribution in [0.4, 0.5) is 5.69 Å². The zero-order valence-electron chi connectivity index (χ0n) is 16.0. The van der Waals surface area contributed by atoms with E-state index in [4.69, 9.17) is 4.74 Å². The lowest BCUT2D eigenvalue weighted by atomic mass is 10.1. The molecule has 1 fully saturated rings. The smallest absolute Gasteiger partial charge is 0.227 e. The molecule has 1 aliphatic carbocycles. The summed E-state index contributed by atoms with van der Waals surface area (Å²) in [6.45, 7) is 4.97. The molecule has 1 amide bonds. The van der Waals surface area contributed by atoms with Crippen molar-refractivity contribution in [3.8, 4) is 0 Å². The molecule has 0 unspecified atom stereocenters. The number of amides is 1. The van der Waals surface area contributed by atoms with Crippen molar-refractivity contribution in [2.45, 2.75) is 45.6 Å². The minimum atomic E-state index is 0.149. The molecular formula is C20H32N4O2. The topological polar surface area (TPSA) is 74.8 Å². The first-order valence-electron chi connectivity index (χ1n) is 9.64. The second-order valence-electron chi connectivity index (χ2n) is 6.64. The molecule has 0 radical (unpaired) electrons. The van der Waals surface area contributed by atoms with Gasteiger partial charge in [-0.1, -0.05) is 25.0 Å². The molecule has 3 N–H and O–H groups in total. The lowest BCUT2D eigenvalue weighted by Gasteiger charge is -2.12. The summed E-state index contributed by atoms with van der Waals surface area (Å²) in [5.41, 5.74) is 1.93. The Morgan fingerprint density at radius 2 is 2.08 bits per heavy atom. The van der Waals surface area contributed by atoms with Gasteiger partial charge in [-0.2, -0.15) is 0 Å². The maximum Gasteiger partial charge on any atom is 0.227 e. The van der Waals surface area contributed by atoms with Gasteiger partial charge in [0, 0.05) is 38.4 Å². The monoisotopic (exact) mass is 360 g/mol. The van der Waals surface area contributed by atoms with Gasteiger partial charge in [-0.3, -0.25) is 4.79 Å². The Kier molecular flexibility index (Phi) is 8.96. The predicted octanol–water partition coefficient (Wildman–Crippen LogP) is 2.91. The van der Waals surface area contributed by atoms with E-state index in [1.807, 2.05) is 31.2 Å². The first-order valence-corrected chi connectivity index (χ1v) is 9.64. The molecule has 1 saturated carbocycles. The van der Waals surface area contributed by atoms with Gasteiger partial charge in [0.1, 0.15) is 0 Å². The molecule has 1 aromatic carbocycles. The van der Waals surface area contributed by atoms with Crippen LogP contribution >= 0.6 is 0 Å². The molecule has 1 aliphatic rings. The number of methoxy groups -OCH3 is 1. The van der Waals surface area contributed by atoms with Gasteiger partial charge >= 0.3 is 0 Å². The fourth-order valence-corrected chi connectivity index (χ4v) is 3.12. The van der Waals surface area contributed by atoms with E-state index >= 15 is 0 Å². The Morgan fingerprint density at radius 1 is 1.27 bits per heavy atom. The summed E-state index contributed by atoms with van der Waals surface area (Å²) < 4.78 is 5.06. The van der Waals surface area contributed by atoms with E-state index in [0.717, 1.165) is 69.0 Å². The average molecular weight is 361 g/mol. The molecule has 6 heteroatoms. The van der Waals surface area contributed by atoms with Crippen LogP contribution in [0.15, 0.2) is 29.3 Å². The van der Waals surface area contributed by atoms with E-state index in [1.165, 1.54) is 0 Å². The molecule has 2 rings (SSSR count). The van der Waals surface area contributed by atoms with E-state index in [2.05, 4.69) is 20.9 Å². The molecular weight excluding hydrogens is 328 g/mol. The molecule has 0 atom stereocenters. The van der Waals surface area contributed by atoms with Crippen LogP contribution in [0, 0.1) is 5.92 Å². The molecule has 0 bridgehead atoms. The van der Waals surface area contributed by atoms with Gasteiger partial charge in [-0.15, -0.1) is 0 Å². The summed E-state index contributed by atoms with van der Waals surface area (Å²) in [5, 5.41) is 9.59. The van der Waals surface area contributed by atoms with Crippen molar-refractivity contribution in [2.75, 3.05) is 32.1 Å². The van der Waals surface area contributed by atoms with Crippen LogP contribution in [-0.2, 0) is 16.1 Å². The standard InChI is InChI=1S/C20H32N4O2/c1-3-21-20(22-12-7-13-26-2)23-15-16-8-6-11-18(14-16)24-19(25)17-9-4-5-10-17/h6,8,11,14,17H,3-5,7,9-10,12-13,15H2,1-2H3,(H,24,25)(H2,21,22,23). The number of ether oxygens (including phenoxy) is 1. The van der Waals surface area contributed by atoms with Crippen molar-refractivity contribution >= 4 is 17.6 Å². The van der Waals surface area contributed by atoms with Crippen molar-refractivity contribution < 1.29 is 9.53 Å². The van der Waals surface area contributed by atoms with Crippen LogP contribution in [0.5, 0.6) is 0 Å². The molecule has 0 aromatic heterocycles. The second-order valence-corrected chi connectivity index (χ2v) is 6.64. The van der Waals surface area contributed by atoms with E-state index < -0.39 is 0 Å². The molecule has 0 spiro atoms. The summed E-state index contributed by atoms with van der Waals surface area (Å²) in [6, 6.07) is 7.94. The quantitative estimate of drug-likeness (QED) is 0.360. The summed E-state index contributed by atoms with van der Waals surface area (Å²) in [5.74, 6) is 1.12. The van der Waals surface area contributed by atoms with Crippen molar-refractivity contribution in [1.29, 1.82) is 0 Å². The molecule has 0 heterocycles. The molecule has 144 valence electrons. The predicted molar refractivity (Wildman–Crippen MR) is 106 cm³/mol. The van der Waals surface area contributed by atoms with Gasteiger partial charge in [0.15, 0.2) is 5.96 Å². The Balaban J connectivity index is 1.89. The third-order valence-corrected chi connectivity index (χ3v) is 4.50. The van der Waals surface area contributed by atoms with E-state index in [-0.39, 0.29) is 11.8 Å². The van der Waals surface area contributed by atoms with Crippen LogP contribution in [0.1, 0.15) is 44.6 Å². The number of hydrogen-bond acceptors (Lipinski definition) is 3. The number of nitrogens with one attached hydrogen (secondary N) is 3. The maximum atomic E-state index is 12.3. The minimum Gasteiger partial charge on any atom is -0.385 e. The van der Waals surface area contributed by atoms with Crippen LogP contribution in [0.3, 0.4) is 0 Å². The van der Waals surface area contributed by atoms with Crippen molar-refractivity contribution in [2.24, 2.45) is 10.9 Å². The molecule has 1 aromatic rings. The molecule has 0 aliphatic heterocycles. The number of aliphatic imine (C=N–C) groups is 1. The Labute approximate surface area is 156 Å². The Bertz CT molecular complexity index is 583. The van der Waals surface area contributed by atoms with Crippen LogP contribution in [0.2, 0.25) is 0 Å². The highest BCUT2D eigenvalue weighted by atomic mass is 16.5. The van der Waals surface area contributed by atoms with Crippen molar-refractivity contribution in [3.05, 3.63) is 29.8 Å². The first-order chi connectivity index (χ1) is 12.7. The van der Waals surface area contributed by atoms with E-state index in [0.29, 0.717) is 6.54 Å². The fraction of sp³-hybridized carbons (Fsp3) is 0.600. The summed E-state index contributed by atoms with van der Waals surface area (Å²) in [6.07, 6.45) is 5.28. The number of carbonyl (C=O) groups is 1. The number of anilines is 1. The highest BCUT2D eigenvalue weighted by Crippen LogP contribution is 2.26. The van der Waals surface area contributed by atoms with Gasteiger partial charge in [-0.25, -0.2) is 4.99 Å². The number of benzene rings is 1. The minimum absolute atomic E-state index is 0.149. The Morgan fingerprint density at radius 3 is 2.81 bits per heavy atom. The van der Waals surface area contributed by atoms with E-state index in [9.17, 15) is 4.79 Å². The zero-order valence-corrected chi connectivity index (χ0v) is 16.0. The van der Waals surface area contributed by atoms with Crippen LogP contribution in [0.25, 0.3) is 0 Å². The second kappa shape index (κ2) is 11.5. The highest BCUT2D eigenvalue weighted by molar-refractivity contribution is 5.92. The first kappa shape index (κ1) is 20.2. The Hall–Kier alpha value is -2.08. The lowest BCUT2D eigenvalue weighted by molar-refractivity contribution is -0.119. The normalized spacial score (nSPS) is 15.1. The van der Waals surface area contributed by atoms with Gasteiger partial charge in [0.2, 0.25) is 5.91 Å². The zero-order chi connectivity index (χ0) is 18.6. The summed E-state index contributed by atoms with van der Waals surface area (Å²) >= 11 is 0. The third kappa shape index (κ3) is 7.04. The largest absolute Gasteiger partial charge is 0.385 e. The number of rotatable bonds is 9. The van der Waals surface area contributed by atoms with Gasteiger partial charge in [0.05, 0.1) is 6.54 Å². The van der Waals surface area contributed by atoms with E-state index in [1.54, 1.807) is 7.11 Å². The molecule has 0 saturated heterocycles. The summed E-state index contributed by atoms with van der Waals surface area (Å²) in [7, 11) is 1.71. The number of hydrogen-bond donors (Lipinski definition) is 3. The number of guanidine groups is 1. The fourth-order valence-electron chi connectivity index (χ4n) is 3.12. The van der Waals surface area contributed by atoms with Gasteiger partial charge in [0.25, 0.3) is 0 Å². The van der Waals surface area contributed by atoms with Gasteiger partial charge in [-0.05, 0) is 43.9 Å². The SMILES string of the molecule is CCNC(=NCc1cccc(NC(=O)C2CCCC2)c1)NCCCOC. The average Bonchev–Trinajstić information content (AvgIpc) is 3.18. The molecule has 26 heavy (non-hydrogen) atoms. The summed E-state index contributed by atoms with van der Waals surface area (Å²) in [4.78, 5) is 16.9.